The fourth-order valence-electron chi connectivity index (χ4n) is 6.32. The minimum Gasteiger partial charge on any atom is -0.390 e. The molecule has 0 spiro atoms. The third kappa shape index (κ3) is 2.02. The molecule has 3 bridgehead atoms. The molecular weight excluding hydrogens is 448 g/mol. The minimum absolute atomic E-state index is 0.00970. The molecule has 0 aromatic carbocycles. The number of hydrogen-bond donors (Lipinski definition) is 2. The molecular formula is C19H20N2O6S3. The zero-order valence-electron chi connectivity index (χ0n) is 16.0. The molecule has 0 aromatic rings. The van der Waals surface area contributed by atoms with E-state index in [1.165, 1.54) is 55.3 Å². The Morgan fingerprint density at radius 3 is 2.57 bits per heavy atom. The van der Waals surface area contributed by atoms with Crippen LogP contribution < -0.4 is 0 Å². The van der Waals surface area contributed by atoms with Gasteiger partial charge in [-0.25, -0.2) is 0 Å². The molecule has 4 aliphatic heterocycles. The van der Waals surface area contributed by atoms with Crippen LogP contribution in [0.1, 0.15) is 19.3 Å². The molecule has 2 aliphatic carbocycles. The van der Waals surface area contributed by atoms with Crippen molar-refractivity contribution in [2.45, 2.75) is 58.5 Å². The topological polar surface area (TPSA) is 115 Å². The van der Waals surface area contributed by atoms with Gasteiger partial charge in [-0.2, -0.15) is 0 Å². The number of hydrogen-bond acceptors (Lipinski definition) is 9. The molecule has 30 heavy (non-hydrogen) atoms. The van der Waals surface area contributed by atoms with Crippen molar-refractivity contribution < 1.29 is 29.4 Å². The number of allylic oxidation sites excluding steroid dienone is 1. The first-order chi connectivity index (χ1) is 14.3. The largest absolute Gasteiger partial charge is 0.390 e. The molecule has 2 N–H and O–H groups in total. The van der Waals surface area contributed by atoms with Crippen molar-refractivity contribution in [2.24, 2.45) is 11.8 Å². The average Bonchev–Trinajstić information content (AvgIpc) is 3.24. The summed E-state index contributed by atoms with van der Waals surface area (Å²) in [7, 11) is 2.57. The lowest BCUT2D eigenvalue weighted by molar-refractivity contribution is -0.169. The van der Waals surface area contributed by atoms with Crippen LogP contribution in [0.5, 0.6) is 0 Å². The third-order valence-corrected chi connectivity index (χ3v) is 12.3. The Bertz CT molecular complexity index is 943. The van der Waals surface area contributed by atoms with Crippen molar-refractivity contribution in [3.63, 3.8) is 0 Å². The molecule has 4 saturated heterocycles. The number of nitrogens with zero attached hydrogens (tertiary/aromatic N) is 2. The first-order valence-electron chi connectivity index (χ1n) is 9.95. The summed E-state index contributed by atoms with van der Waals surface area (Å²) in [6.07, 6.45) is 3.07. The van der Waals surface area contributed by atoms with Gasteiger partial charge in [0.2, 0.25) is 0 Å². The van der Waals surface area contributed by atoms with E-state index in [-0.39, 0.29) is 47.9 Å². The van der Waals surface area contributed by atoms with Crippen LogP contribution in [0.15, 0.2) is 12.2 Å². The highest BCUT2D eigenvalue weighted by Gasteiger charge is 2.77. The summed E-state index contributed by atoms with van der Waals surface area (Å²) in [5.41, 5.74) is 0. The second-order valence-electron chi connectivity index (χ2n) is 8.86. The summed E-state index contributed by atoms with van der Waals surface area (Å²) in [6.45, 7) is 0. The summed E-state index contributed by atoms with van der Waals surface area (Å²) in [6, 6.07) is -1.52. The van der Waals surface area contributed by atoms with Gasteiger partial charge in [0.15, 0.2) is 15.5 Å². The number of aliphatic hydroxyl groups is 2. The molecule has 160 valence electrons. The predicted molar refractivity (Wildman–Crippen MR) is 111 cm³/mol. The van der Waals surface area contributed by atoms with E-state index in [0.717, 1.165) is 0 Å². The molecule has 8 nitrogen and oxygen atoms in total. The Hall–Kier alpha value is -1.01. The molecule has 11 heteroatoms. The van der Waals surface area contributed by atoms with Gasteiger partial charge in [0.05, 0.1) is 29.5 Å². The van der Waals surface area contributed by atoms with Crippen molar-refractivity contribution in [3.05, 3.63) is 12.2 Å². The van der Waals surface area contributed by atoms with E-state index >= 15 is 0 Å². The Morgan fingerprint density at radius 2 is 1.83 bits per heavy atom. The smallest absolute Gasteiger partial charge is 0.261 e. The maximum absolute atomic E-state index is 14.1. The van der Waals surface area contributed by atoms with Crippen LogP contribution in [-0.2, 0) is 19.2 Å². The highest BCUT2D eigenvalue weighted by atomic mass is 33.1. The number of fused-ring (bicyclic) bond motifs is 4. The summed E-state index contributed by atoms with van der Waals surface area (Å²) < 4.78 is 0. The molecule has 0 aromatic heterocycles. The summed E-state index contributed by atoms with van der Waals surface area (Å²) in [5.74, 6) is -2.08. The lowest BCUT2D eigenvalue weighted by atomic mass is 9.81. The van der Waals surface area contributed by atoms with E-state index in [2.05, 4.69) is 0 Å². The molecule has 0 unspecified atom stereocenters. The predicted octanol–water partition coefficient (Wildman–Crippen LogP) is -0.213. The molecule has 9 atom stereocenters. The monoisotopic (exact) mass is 468 g/mol. The van der Waals surface area contributed by atoms with E-state index < -0.39 is 45.9 Å². The molecule has 4 heterocycles. The van der Waals surface area contributed by atoms with Crippen LogP contribution in [0.4, 0.5) is 0 Å². The van der Waals surface area contributed by atoms with Gasteiger partial charge >= 0.3 is 0 Å². The standard InChI is InChI=1S/C19H20N2O6S3/c1-28-18-5-7-9(22)2-3-10(23)13(7)20(18)17(27)19-6-8-11(24)4-12(29-30-19)15(25)14(8)21(19)16(18)26/h2-3,7-8,10,12-15,23,25H,4-6H2,1H3/t7-,8-,10-,12-,13-,14-,15-,18+,19+/m0/s1. The van der Waals surface area contributed by atoms with E-state index in [0.29, 0.717) is 0 Å². The number of amides is 2. The number of aliphatic hydroxyl groups excluding tert-OH is 2. The Morgan fingerprint density at radius 1 is 1.07 bits per heavy atom. The van der Waals surface area contributed by atoms with E-state index in [1.54, 1.807) is 6.26 Å². The fraction of sp³-hybridized carbons (Fsp3) is 0.684. The Kier molecular flexibility index (Phi) is 3.97. The minimum atomic E-state index is -1.32. The van der Waals surface area contributed by atoms with Crippen LogP contribution >= 0.6 is 33.3 Å². The van der Waals surface area contributed by atoms with Gasteiger partial charge in [-0.05, 0) is 12.3 Å². The lowest BCUT2D eigenvalue weighted by Crippen LogP contribution is -2.74. The average molecular weight is 469 g/mol. The maximum Gasteiger partial charge on any atom is 0.261 e. The van der Waals surface area contributed by atoms with Gasteiger partial charge in [0.1, 0.15) is 5.78 Å². The van der Waals surface area contributed by atoms with Gasteiger partial charge in [0.25, 0.3) is 11.8 Å². The lowest BCUT2D eigenvalue weighted by Gasteiger charge is -2.53. The van der Waals surface area contributed by atoms with Crippen molar-refractivity contribution in [3.8, 4) is 0 Å². The molecule has 5 fully saturated rings. The first-order valence-corrected chi connectivity index (χ1v) is 13.4. The summed E-state index contributed by atoms with van der Waals surface area (Å²) in [4.78, 5) is 53.9. The number of ketones is 2. The quantitative estimate of drug-likeness (QED) is 0.504. The zero-order valence-corrected chi connectivity index (χ0v) is 18.4. The second-order valence-corrected chi connectivity index (χ2v) is 12.7. The van der Waals surface area contributed by atoms with Crippen molar-refractivity contribution in [1.29, 1.82) is 0 Å². The molecule has 6 rings (SSSR count). The van der Waals surface area contributed by atoms with E-state index in [1.807, 2.05) is 0 Å². The highest BCUT2D eigenvalue weighted by molar-refractivity contribution is 8.77. The van der Waals surface area contributed by atoms with Gasteiger partial charge in [-0.15, -0.1) is 11.8 Å². The van der Waals surface area contributed by atoms with Crippen LogP contribution in [0.2, 0.25) is 0 Å². The number of thioether (sulfide) groups is 1. The summed E-state index contributed by atoms with van der Waals surface area (Å²) >= 11 is 1.20. The van der Waals surface area contributed by atoms with Crippen LogP contribution in [0.3, 0.4) is 0 Å². The Labute approximate surface area is 184 Å². The third-order valence-electron chi connectivity index (χ3n) is 7.67. The van der Waals surface area contributed by atoms with E-state index in [4.69, 9.17) is 0 Å². The number of piperazine rings is 1. The van der Waals surface area contributed by atoms with E-state index in [9.17, 15) is 29.4 Å². The summed E-state index contributed by atoms with van der Waals surface area (Å²) in [5, 5.41) is 21.3. The normalized spacial score (nSPS) is 51.2. The molecule has 1 saturated carbocycles. The number of Topliss-reactive ketones (excluding diaryl/α,β-unsaturated/α-hetero) is 1. The van der Waals surface area contributed by atoms with Crippen molar-refractivity contribution in [2.75, 3.05) is 6.26 Å². The van der Waals surface area contributed by atoms with Crippen LogP contribution in [0, 0.1) is 11.8 Å². The van der Waals surface area contributed by atoms with Crippen molar-refractivity contribution in [1.82, 2.24) is 9.80 Å². The van der Waals surface area contributed by atoms with Crippen LogP contribution in [-0.4, -0.2) is 88.9 Å². The number of rotatable bonds is 1. The maximum atomic E-state index is 14.1. The first kappa shape index (κ1) is 19.7. The van der Waals surface area contributed by atoms with Gasteiger partial charge in [0, 0.05) is 31.1 Å². The van der Waals surface area contributed by atoms with Crippen LogP contribution in [0.25, 0.3) is 0 Å². The number of carbonyl (C=O) groups is 4. The molecule has 0 radical (unpaired) electrons. The fourth-order valence-corrected chi connectivity index (χ4v) is 10.9. The highest BCUT2D eigenvalue weighted by Crippen LogP contribution is 2.65. The van der Waals surface area contributed by atoms with Crippen molar-refractivity contribution >= 4 is 56.7 Å². The molecule has 6 aliphatic rings. The Balaban J connectivity index is 1.55. The second kappa shape index (κ2) is 6.06. The SMILES string of the molecule is CS[C@@]12C[C@H]3C(=O)C=C[C@H](O)[C@H]3N1C(=O)[C@@]13C[C@H]4C(=O)C[C@H](SS1)[C@H](O)[C@H]4N3C2=O. The van der Waals surface area contributed by atoms with Gasteiger partial charge in [-0.3, -0.25) is 19.2 Å². The van der Waals surface area contributed by atoms with Gasteiger partial charge < -0.3 is 20.0 Å². The zero-order chi connectivity index (χ0) is 21.2. The molecule has 2 amide bonds. The number of carbonyl (C=O) groups excluding carboxylic acids is 4. The van der Waals surface area contributed by atoms with Gasteiger partial charge in [-0.1, -0.05) is 27.7 Å².